The Morgan fingerprint density at radius 1 is 1.22 bits per heavy atom. The summed E-state index contributed by atoms with van der Waals surface area (Å²) in [5, 5.41) is 5.65. The summed E-state index contributed by atoms with van der Waals surface area (Å²) in [6, 6.07) is 0. The number of rotatable bonds is 8. The van der Waals surface area contributed by atoms with E-state index in [1.807, 2.05) is 27.7 Å². The first-order valence-corrected chi connectivity index (χ1v) is 6.63. The Morgan fingerprint density at radius 3 is 2.22 bits per heavy atom. The zero-order valence-electron chi connectivity index (χ0n) is 12.0. The molecule has 0 heterocycles. The Bertz CT molecular complexity index is 279. The van der Waals surface area contributed by atoms with Gasteiger partial charge in [0.25, 0.3) is 0 Å². The van der Waals surface area contributed by atoms with Crippen LogP contribution in [0.3, 0.4) is 0 Å². The molecule has 1 unspecified atom stereocenters. The van der Waals surface area contributed by atoms with Crippen LogP contribution in [-0.4, -0.2) is 30.4 Å². The second kappa shape index (κ2) is 8.08. The van der Waals surface area contributed by atoms with E-state index in [0.29, 0.717) is 13.1 Å². The molecule has 0 saturated heterocycles. The van der Waals surface area contributed by atoms with Crippen molar-refractivity contribution in [1.29, 1.82) is 0 Å². The first-order chi connectivity index (χ1) is 8.35. The molecule has 0 radical (unpaired) electrons. The molecular formula is C13H27N3O2. The first-order valence-electron chi connectivity index (χ1n) is 6.63. The number of amides is 2. The van der Waals surface area contributed by atoms with E-state index >= 15 is 0 Å². The van der Waals surface area contributed by atoms with Gasteiger partial charge in [0, 0.05) is 25.9 Å². The molecule has 4 N–H and O–H groups in total. The summed E-state index contributed by atoms with van der Waals surface area (Å²) in [6.45, 7) is 8.99. The molecule has 0 rings (SSSR count). The molecule has 5 heteroatoms. The monoisotopic (exact) mass is 257 g/mol. The SMILES string of the molecule is CCCNC(=O)CCC(=O)NC(C)(CN)C(C)C. The van der Waals surface area contributed by atoms with Crippen molar-refractivity contribution in [3.63, 3.8) is 0 Å². The average Bonchev–Trinajstić information content (AvgIpc) is 2.33. The Kier molecular flexibility index (Phi) is 7.59. The lowest BCUT2D eigenvalue weighted by molar-refractivity contribution is -0.127. The van der Waals surface area contributed by atoms with Crippen LogP contribution in [0.1, 0.15) is 47.0 Å². The predicted octanol–water partition coefficient (Wildman–Crippen LogP) is 0.782. The first kappa shape index (κ1) is 16.9. The summed E-state index contributed by atoms with van der Waals surface area (Å²) in [5.74, 6) is 0.0506. The quantitative estimate of drug-likeness (QED) is 0.601. The summed E-state index contributed by atoms with van der Waals surface area (Å²) in [5.41, 5.74) is 5.28. The maximum absolute atomic E-state index is 11.8. The third-order valence-electron chi connectivity index (χ3n) is 3.27. The van der Waals surface area contributed by atoms with E-state index in [1.54, 1.807) is 0 Å². The number of nitrogens with two attached hydrogens (primary N) is 1. The maximum Gasteiger partial charge on any atom is 0.220 e. The van der Waals surface area contributed by atoms with Crippen molar-refractivity contribution >= 4 is 11.8 Å². The molecule has 0 aromatic heterocycles. The van der Waals surface area contributed by atoms with Gasteiger partial charge < -0.3 is 16.4 Å². The number of hydrogen-bond acceptors (Lipinski definition) is 3. The topological polar surface area (TPSA) is 84.2 Å². The third kappa shape index (κ3) is 6.00. The molecule has 18 heavy (non-hydrogen) atoms. The van der Waals surface area contributed by atoms with E-state index in [9.17, 15) is 9.59 Å². The van der Waals surface area contributed by atoms with Crippen molar-refractivity contribution in [1.82, 2.24) is 10.6 Å². The van der Waals surface area contributed by atoms with Gasteiger partial charge in [0.1, 0.15) is 0 Å². The molecule has 0 spiro atoms. The highest BCUT2D eigenvalue weighted by atomic mass is 16.2. The van der Waals surface area contributed by atoms with Crippen molar-refractivity contribution in [3.8, 4) is 0 Å². The van der Waals surface area contributed by atoms with Crippen LogP contribution in [0.15, 0.2) is 0 Å². The molecule has 0 aromatic carbocycles. The van der Waals surface area contributed by atoms with E-state index in [0.717, 1.165) is 6.42 Å². The van der Waals surface area contributed by atoms with Gasteiger partial charge >= 0.3 is 0 Å². The lowest BCUT2D eigenvalue weighted by atomic mass is 9.88. The molecule has 0 saturated carbocycles. The molecular weight excluding hydrogens is 230 g/mol. The molecule has 0 aromatic rings. The lowest BCUT2D eigenvalue weighted by Gasteiger charge is -2.33. The number of carbonyl (C=O) groups excluding carboxylic acids is 2. The Balaban J connectivity index is 4.07. The van der Waals surface area contributed by atoms with Crippen LogP contribution in [0.4, 0.5) is 0 Å². The fourth-order valence-corrected chi connectivity index (χ4v) is 1.39. The number of nitrogens with one attached hydrogen (secondary N) is 2. The van der Waals surface area contributed by atoms with Crippen LogP contribution in [0.25, 0.3) is 0 Å². The average molecular weight is 257 g/mol. The van der Waals surface area contributed by atoms with Gasteiger partial charge in [-0.05, 0) is 19.3 Å². The fourth-order valence-electron chi connectivity index (χ4n) is 1.39. The van der Waals surface area contributed by atoms with Gasteiger partial charge in [-0.3, -0.25) is 9.59 Å². The molecule has 1 atom stereocenters. The summed E-state index contributed by atoms with van der Waals surface area (Å²) in [6.07, 6.45) is 1.33. The predicted molar refractivity (Wildman–Crippen MR) is 73.0 cm³/mol. The number of carbonyl (C=O) groups is 2. The highest BCUT2D eigenvalue weighted by molar-refractivity contribution is 5.84. The summed E-state index contributed by atoms with van der Waals surface area (Å²) in [4.78, 5) is 23.1. The third-order valence-corrected chi connectivity index (χ3v) is 3.27. The smallest absolute Gasteiger partial charge is 0.220 e. The molecule has 0 bridgehead atoms. The van der Waals surface area contributed by atoms with Crippen molar-refractivity contribution in [2.45, 2.75) is 52.5 Å². The highest BCUT2D eigenvalue weighted by Crippen LogP contribution is 2.14. The van der Waals surface area contributed by atoms with E-state index in [1.165, 1.54) is 0 Å². The van der Waals surface area contributed by atoms with Crippen molar-refractivity contribution < 1.29 is 9.59 Å². The normalized spacial score (nSPS) is 14.1. The minimum atomic E-state index is -0.406. The van der Waals surface area contributed by atoms with Crippen LogP contribution >= 0.6 is 0 Å². The molecule has 0 aliphatic rings. The van der Waals surface area contributed by atoms with Crippen molar-refractivity contribution in [3.05, 3.63) is 0 Å². The van der Waals surface area contributed by atoms with Crippen LogP contribution in [0, 0.1) is 5.92 Å². The summed E-state index contributed by atoms with van der Waals surface area (Å²) in [7, 11) is 0. The Morgan fingerprint density at radius 2 is 1.78 bits per heavy atom. The fraction of sp³-hybridized carbons (Fsp3) is 0.846. The standard InChI is InChI=1S/C13H27N3O2/c1-5-8-15-11(17)6-7-12(18)16-13(4,9-14)10(2)3/h10H,5-9,14H2,1-4H3,(H,15,17)(H,16,18). The largest absolute Gasteiger partial charge is 0.356 e. The second-order valence-corrected chi connectivity index (χ2v) is 5.17. The summed E-state index contributed by atoms with van der Waals surface area (Å²) < 4.78 is 0. The molecule has 0 fully saturated rings. The van der Waals surface area contributed by atoms with E-state index < -0.39 is 5.54 Å². The van der Waals surface area contributed by atoms with Gasteiger partial charge in [-0.2, -0.15) is 0 Å². The zero-order valence-corrected chi connectivity index (χ0v) is 12.0. The lowest BCUT2D eigenvalue weighted by Crippen LogP contribution is -2.55. The van der Waals surface area contributed by atoms with Crippen LogP contribution in [0.5, 0.6) is 0 Å². The zero-order chi connectivity index (χ0) is 14.2. The Hall–Kier alpha value is -1.10. The summed E-state index contributed by atoms with van der Waals surface area (Å²) >= 11 is 0. The van der Waals surface area contributed by atoms with Gasteiger partial charge in [-0.25, -0.2) is 0 Å². The van der Waals surface area contributed by atoms with Gasteiger partial charge in [-0.1, -0.05) is 20.8 Å². The molecule has 0 aliphatic heterocycles. The highest BCUT2D eigenvalue weighted by Gasteiger charge is 2.28. The molecule has 106 valence electrons. The van der Waals surface area contributed by atoms with Crippen molar-refractivity contribution in [2.24, 2.45) is 11.7 Å². The molecule has 0 aliphatic carbocycles. The van der Waals surface area contributed by atoms with E-state index in [-0.39, 0.29) is 30.6 Å². The van der Waals surface area contributed by atoms with Gasteiger partial charge in [0.05, 0.1) is 5.54 Å². The van der Waals surface area contributed by atoms with Gasteiger partial charge in [-0.15, -0.1) is 0 Å². The minimum Gasteiger partial charge on any atom is -0.356 e. The Labute approximate surface area is 110 Å². The van der Waals surface area contributed by atoms with Gasteiger partial charge in [0.15, 0.2) is 0 Å². The minimum absolute atomic E-state index is 0.0778. The van der Waals surface area contributed by atoms with Crippen molar-refractivity contribution in [2.75, 3.05) is 13.1 Å². The molecule has 5 nitrogen and oxygen atoms in total. The molecule has 2 amide bonds. The van der Waals surface area contributed by atoms with E-state index in [2.05, 4.69) is 10.6 Å². The van der Waals surface area contributed by atoms with Crippen LogP contribution < -0.4 is 16.4 Å². The van der Waals surface area contributed by atoms with Crippen LogP contribution in [0.2, 0.25) is 0 Å². The number of hydrogen-bond donors (Lipinski definition) is 3. The van der Waals surface area contributed by atoms with Crippen LogP contribution in [-0.2, 0) is 9.59 Å². The van der Waals surface area contributed by atoms with Gasteiger partial charge in [0.2, 0.25) is 11.8 Å². The second-order valence-electron chi connectivity index (χ2n) is 5.17. The van der Waals surface area contributed by atoms with E-state index in [4.69, 9.17) is 5.73 Å². The maximum atomic E-state index is 11.8.